The first-order valence-corrected chi connectivity index (χ1v) is 5.60. The normalized spacial score (nSPS) is 10.1. The van der Waals surface area contributed by atoms with Gasteiger partial charge >= 0.3 is 0 Å². The number of benzene rings is 2. The van der Waals surface area contributed by atoms with Gasteiger partial charge in [0.1, 0.15) is 5.75 Å². The number of phenols is 1. The van der Waals surface area contributed by atoms with Crippen LogP contribution in [0.2, 0.25) is 5.02 Å². The van der Waals surface area contributed by atoms with Crippen molar-refractivity contribution >= 4 is 28.9 Å². The lowest BCUT2D eigenvalue weighted by Crippen LogP contribution is -2.12. The van der Waals surface area contributed by atoms with Crippen molar-refractivity contribution in [3.8, 4) is 5.75 Å². The summed E-state index contributed by atoms with van der Waals surface area (Å²) < 4.78 is 0. The van der Waals surface area contributed by atoms with Crippen molar-refractivity contribution in [1.82, 2.24) is 0 Å². The summed E-state index contributed by atoms with van der Waals surface area (Å²) in [6.45, 7) is 0. The second kappa shape index (κ2) is 4.98. The highest BCUT2D eigenvalue weighted by Crippen LogP contribution is 2.23. The van der Waals surface area contributed by atoms with Crippen LogP contribution in [0.3, 0.4) is 0 Å². The fourth-order valence-electron chi connectivity index (χ4n) is 1.49. The second-order valence-corrected chi connectivity index (χ2v) is 4.11. The zero-order valence-corrected chi connectivity index (χ0v) is 10.1. The van der Waals surface area contributed by atoms with Crippen LogP contribution in [-0.4, -0.2) is 11.0 Å². The molecule has 92 valence electrons. The monoisotopic (exact) mass is 262 g/mol. The average Bonchev–Trinajstić information content (AvgIpc) is 2.34. The zero-order valence-electron chi connectivity index (χ0n) is 9.35. The summed E-state index contributed by atoms with van der Waals surface area (Å²) in [5.41, 5.74) is 6.73. The van der Waals surface area contributed by atoms with E-state index in [-0.39, 0.29) is 11.3 Å². The molecule has 1 amide bonds. The molecule has 0 radical (unpaired) electrons. The Morgan fingerprint density at radius 1 is 1.22 bits per heavy atom. The van der Waals surface area contributed by atoms with Gasteiger partial charge in [-0.15, -0.1) is 0 Å². The van der Waals surface area contributed by atoms with Gasteiger partial charge in [0.15, 0.2) is 0 Å². The number of carbonyl (C=O) groups is 1. The predicted octanol–water partition coefficient (Wildman–Crippen LogP) is 2.88. The molecule has 18 heavy (non-hydrogen) atoms. The fraction of sp³-hybridized carbons (Fsp3) is 0. The summed E-state index contributed by atoms with van der Waals surface area (Å²) in [4.78, 5) is 11.9. The van der Waals surface area contributed by atoms with Gasteiger partial charge in [0, 0.05) is 5.69 Å². The molecule has 0 fully saturated rings. The lowest BCUT2D eigenvalue weighted by molar-refractivity contribution is 0.102. The van der Waals surface area contributed by atoms with Crippen molar-refractivity contribution in [3.05, 3.63) is 53.1 Å². The van der Waals surface area contributed by atoms with Gasteiger partial charge in [0.25, 0.3) is 5.91 Å². The van der Waals surface area contributed by atoms with Gasteiger partial charge in [0.05, 0.1) is 16.3 Å². The Balaban J connectivity index is 2.22. The molecule has 0 unspecified atom stereocenters. The van der Waals surface area contributed by atoms with E-state index in [1.807, 2.05) is 0 Å². The highest BCUT2D eigenvalue weighted by molar-refractivity contribution is 6.33. The van der Waals surface area contributed by atoms with Crippen molar-refractivity contribution in [3.63, 3.8) is 0 Å². The molecule has 0 aliphatic carbocycles. The summed E-state index contributed by atoms with van der Waals surface area (Å²) in [7, 11) is 0. The molecular weight excluding hydrogens is 252 g/mol. The second-order valence-electron chi connectivity index (χ2n) is 3.71. The van der Waals surface area contributed by atoms with Crippen LogP contribution in [0, 0.1) is 0 Å². The number of amides is 1. The first-order chi connectivity index (χ1) is 8.58. The van der Waals surface area contributed by atoms with Crippen LogP contribution < -0.4 is 11.1 Å². The highest BCUT2D eigenvalue weighted by atomic mass is 35.5. The smallest absolute Gasteiger partial charge is 0.259 e. The summed E-state index contributed by atoms with van der Waals surface area (Å²) in [6, 6.07) is 11.1. The number of hydrogen-bond donors (Lipinski definition) is 3. The van der Waals surface area contributed by atoms with Gasteiger partial charge in [-0.2, -0.15) is 0 Å². The number of para-hydroxylation sites is 1. The van der Waals surface area contributed by atoms with Crippen molar-refractivity contribution in [2.75, 3.05) is 11.1 Å². The third kappa shape index (κ3) is 2.55. The number of nitrogen functional groups attached to an aromatic ring is 1. The van der Waals surface area contributed by atoms with E-state index in [4.69, 9.17) is 17.3 Å². The number of nitrogens with one attached hydrogen (secondary N) is 1. The molecular formula is C13H11ClN2O2. The van der Waals surface area contributed by atoms with Crippen LogP contribution in [0.15, 0.2) is 42.5 Å². The molecule has 4 N–H and O–H groups in total. The molecule has 2 aromatic carbocycles. The lowest BCUT2D eigenvalue weighted by atomic mass is 10.2. The Labute approximate surface area is 109 Å². The number of hydrogen-bond acceptors (Lipinski definition) is 3. The molecule has 0 aromatic heterocycles. The molecule has 5 heteroatoms. The van der Waals surface area contributed by atoms with Crippen LogP contribution >= 0.6 is 11.6 Å². The minimum atomic E-state index is -0.408. The van der Waals surface area contributed by atoms with Crippen LogP contribution in [0.25, 0.3) is 0 Å². The van der Waals surface area contributed by atoms with E-state index >= 15 is 0 Å². The molecule has 0 spiro atoms. The maximum absolute atomic E-state index is 11.9. The maximum Gasteiger partial charge on any atom is 0.259 e. The van der Waals surface area contributed by atoms with E-state index in [2.05, 4.69) is 5.32 Å². The molecule has 0 aliphatic heterocycles. The van der Waals surface area contributed by atoms with Crippen LogP contribution in [0.1, 0.15) is 10.4 Å². The Morgan fingerprint density at radius 2 is 1.94 bits per heavy atom. The minimum Gasteiger partial charge on any atom is -0.507 e. The van der Waals surface area contributed by atoms with Gasteiger partial charge in [-0.05, 0) is 30.3 Å². The number of aromatic hydroxyl groups is 1. The Morgan fingerprint density at radius 3 is 2.61 bits per heavy atom. The highest BCUT2D eigenvalue weighted by Gasteiger charge is 2.10. The molecule has 2 aromatic rings. The standard InChI is InChI=1S/C13H11ClN2O2/c14-10-6-5-8(7-11(10)15)16-13(18)9-3-1-2-4-12(9)17/h1-7,17H,15H2,(H,16,18). The quantitative estimate of drug-likeness (QED) is 0.729. The molecule has 0 heterocycles. The van der Waals surface area contributed by atoms with Gasteiger partial charge in [-0.1, -0.05) is 23.7 Å². The Bertz CT molecular complexity index is 599. The van der Waals surface area contributed by atoms with Crippen LogP contribution in [-0.2, 0) is 0 Å². The zero-order chi connectivity index (χ0) is 13.1. The van der Waals surface area contributed by atoms with E-state index in [9.17, 15) is 9.90 Å². The minimum absolute atomic E-state index is 0.0723. The van der Waals surface area contributed by atoms with Gasteiger partial charge in [-0.3, -0.25) is 4.79 Å². The fourth-order valence-corrected chi connectivity index (χ4v) is 1.60. The molecule has 0 aliphatic rings. The van der Waals surface area contributed by atoms with Crippen molar-refractivity contribution in [2.24, 2.45) is 0 Å². The number of phenolic OH excluding ortho intramolecular Hbond substituents is 1. The third-order valence-electron chi connectivity index (χ3n) is 2.40. The Kier molecular flexibility index (Phi) is 3.39. The van der Waals surface area contributed by atoms with E-state index in [1.54, 1.807) is 30.3 Å². The number of nitrogens with two attached hydrogens (primary N) is 1. The van der Waals surface area contributed by atoms with E-state index < -0.39 is 5.91 Å². The largest absolute Gasteiger partial charge is 0.507 e. The van der Waals surface area contributed by atoms with Gasteiger partial charge < -0.3 is 16.2 Å². The van der Waals surface area contributed by atoms with E-state index in [0.29, 0.717) is 16.4 Å². The van der Waals surface area contributed by atoms with Crippen LogP contribution in [0.5, 0.6) is 5.75 Å². The summed E-state index contributed by atoms with van der Waals surface area (Å²) in [6.07, 6.45) is 0. The lowest BCUT2D eigenvalue weighted by Gasteiger charge is -2.07. The number of halogens is 1. The molecule has 0 atom stereocenters. The maximum atomic E-state index is 11.9. The first-order valence-electron chi connectivity index (χ1n) is 5.22. The summed E-state index contributed by atoms with van der Waals surface area (Å²) in [5, 5.41) is 12.6. The van der Waals surface area contributed by atoms with Crippen molar-refractivity contribution in [2.45, 2.75) is 0 Å². The molecule has 0 bridgehead atoms. The van der Waals surface area contributed by atoms with Crippen LogP contribution in [0.4, 0.5) is 11.4 Å². The third-order valence-corrected chi connectivity index (χ3v) is 2.75. The van der Waals surface area contributed by atoms with E-state index in [0.717, 1.165) is 0 Å². The number of rotatable bonds is 2. The summed E-state index contributed by atoms with van der Waals surface area (Å²) >= 11 is 5.78. The van der Waals surface area contributed by atoms with Gasteiger partial charge in [0.2, 0.25) is 0 Å². The molecule has 4 nitrogen and oxygen atoms in total. The SMILES string of the molecule is Nc1cc(NC(=O)c2ccccc2O)ccc1Cl. The van der Waals surface area contributed by atoms with E-state index in [1.165, 1.54) is 12.1 Å². The first kappa shape index (κ1) is 12.3. The molecule has 0 saturated carbocycles. The predicted molar refractivity (Wildman–Crippen MR) is 71.9 cm³/mol. The molecule has 2 rings (SSSR count). The summed E-state index contributed by atoms with van der Waals surface area (Å²) in [5.74, 6) is -0.480. The Hall–Kier alpha value is -2.20. The van der Waals surface area contributed by atoms with Gasteiger partial charge in [-0.25, -0.2) is 0 Å². The average molecular weight is 263 g/mol. The van der Waals surface area contributed by atoms with Crippen molar-refractivity contribution in [1.29, 1.82) is 0 Å². The topological polar surface area (TPSA) is 75.3 Å². The number of carbonyl (C=O) groups excluding carboxylic acids is 1. The molecule has 0 saturated heterocycles. The van der Waals surface area contributed by atoms with Crippen molar-refractivity contribution < 1.29 is 9.90 Å². The number of anilines is 2.